The van der Waals surface area contributed by atoms with Crippen molar-refractivity contribution in [1.82, 2.24) is 9.80 Å². The number of piperazine rings is 1. The summed E-state index contributed by atoms with van der Waals surface area (Å²) < 4.78 is 0. The second-order valence-electron chi connectivity index (χ2n) is 4.75. The molecule has 0 unspecified atom stereocenters. The second-order valence-corrected chi connectivity index (χ2v) is 4.75. The maximum atomic E-state index is 11.8. The van der Waals surface area contributed by atoms with Crippen LogP contribution in [0, 0.1) is 5.92 Å². The van der Waals surface area contributed by atoms with Gasteiger partial charge in [-0.25, -0.2) is 0 Å². The summed E-state index contributed by atoms with van der Waals surface area (Å²) in [6, 6.07) is 0. The fourth-order valence-electron chi connectivity index (χ4n) is 1.88. The van der Waals surface area contributed by atoms with Crippen molar-refractivity contribution in [3.63, 3.8) is 0 Å². The third kappa shape index (κ3) is 6.67. The zero-order chi connectivity index (χ0) is 13.3. The molecule has 3 nitrogen and oxygen atoms in total. The maximum absolute atomic E-state index is 11.8. The maximum Gasteiger partial charge on any atom is 0.222 e. The SMILES string of the molecule is CC.CCN1CCN(C(=O)CCC(C)C)CC1. The Balaban J connectivity index is 0.00000121. The van der Waals surface area contributed by atoms with E-state index in [9.17, 15) is 4.79 Å². The summed E-state index contributed by atoms with van der Waals surface area (Å²) in [7, 11) is 0. The van der Waals surface area contributed by atoms with E-state index in [0.29, 0.717) is 11.8 Å². The van der Waals surface area contributed by atoms with Crippen molar-refractivity contribution < 1.29 is 4.79 Å². The molecule has 0 bridgehead atoms. The number of amides is 1. The molecule has 0 aliphatic carbocycles. The molecule has 1 heterocycles. The van der Waals surface area contributed by atoms with Crippen LogP contribution in [0.1, 0.15) is 47.5 Å². The van der Waals surface area contributed by atoms with Crippen LogP contribution in [0.3, 0.4) is 0 Å². The van der Waals surface area contributed by atoms with Crippen LogP contribution in [0.25, 0.3) is 0 Å². The van der Waals surface area contributed by atoms with Crippen LogP contribution in [-0.2, 0) is 4.79 Å². The van der Waals surface area contributed by atoms with Gasteiger partial charge < -0.3 is 9.80 Å². The van der Waals surface area contributed by atoms with Gasteiger partial charge >= 0.3 is 0 Å². The lowest BCUT2D eigenvalue weighted by Crippen LogP contribution is -2.48. The first-order valence-corrected chi connectivity index (χ1v) is 7.13. The number of carbonyl (C=O) groups excluding carboxylic acids is 1. The van der Waals surface area contributed by atoms with Crippen molar-refractivity contribution in [3.05, 3.63) is 0 Å². The van der Waals surface area contributed by atoms with Crippen molar-refractivity contribution >= 4 is 5.91 Å². The molecular weight excluding hydrogens is 212 g/mol. The van der Waals surface area contributed by atoms with Crippen LogP contribution >= 0.6 is 0 Å². The number of likely N-dealkylation sites (N-methyl/N-ethyl adjacent to an activating group) is 1. The van der Waals surface area contributed by atoms with E-state index in [1.807, 2.05) is 18.7 Å². The fraction of sp³-hybridized carbons (Fsp3) is 0.929. The van der Waals surface area contributed by atoms with E-state index in [1.54, 1.807) is 0 Å². The van der Waals surface area contributed by atoms with Gasteiger partial charge in [0.15, 0.2) is 0 Å². The molecule has 1 aliphatic heterocycles. The van der Waals surface area contributed by atoms with E-state index in [0.717, 1.165) is 45.6 Å². The minimum atomic E-state index is 0.347. The van der Waals surface area contributed by atoms with E-state index in [4.69, 9.17) is 0 Å². The average Bonchev–Trinajstić information content (AvgIpc) is 2.38. The summed E-state index contributed by atoms with van der Waals surface area (Å²) >= 11 is 0. The number of nitrogens with zero attached hydrogens (tertiary/aromatic N) is 2. The summed E-state index contributed by atoms with van der Waals surface area (Å²) in [4.78, 5) is 16.2. The number of carbonyl (C=O) groups is 1. The van der Waals surface area contributed by atoms with E-state index in [2.05, 4.69) is 25.7 Å². The summed E-state index contributed by atoms with van der Waals surface area (Å²) in [5, 5.41) is 0. The molecule has 0 atom stereocenters. The highest BCUT2D eigenvalue weighted by molar-refractivity contribution is 5.76. The Hall–Kier alpha value is -0.570. The molecule has 0 radical (unpaired) electrons. The third-order valence-corrected chi connectivity index (χ3v) is 3.11. The molecule has 1 amide bonds. The number of rotatable bonds is 4. The quantitative estimate of drug-likeness (QED) is 0.756. The van der Waals surface area contributed by atoms with Crippen molar-refractivity contribution in [2.75, 3.05) is 32.7 Å². The van der Waals surface area contributed by atoms with Crippen molar-refractivity contribution in [3.8, 4) is 0 Å². The smallest absolute Gasteiger partial charge is 0.222 e. The number of hydrogen-bond donors (Lipinski definition) is 0. The predicted molar refractivity (Wildman–Crippen MR) is 74.1 cm³/mol. The molecule has 1 aliphatic rings. The molecule has 17 heavy (non-hydrogen) atoms. The van der Waals surface area contributed by atoms with E-state index in [-0.39, 0.29) is 0 Å². The van der Waals surface area contributed by atoms with Gasteiger partial charge in [0.05, 0.1) is 0 Å². The van der Waals surface area contributed by atoms with E-state index >= 15 is 0 Å². The molecule has 0 saturated carbocycles. The average molecular weight is 242 g/mol. The topological polar surface area (TPSA) is 23.6 Å². The molecular formula is C14H30N2O. The van der Waals surface area contributed by atoms with Crippen LogP contribution in [0.15, 0.2) is 0 Å². The van der Waals surface area contributed by atoms with E-state index < -0.39 is 0 Å². The number of hydrogen-bond acceptors (Lipinski definition) is 2. The van der Waals surface area contributed by atoms with Crippen LogP contribution in [0.5, 0.6) is 0 Å². The van der Waals surface area contributed by atoms with Gasteiger partial charge in [-0.05, 0) is 18.9 Å². The van der Waals surface area contributed by atoms with Crippen LogP contribution in [-0.4, -0.2) is 48.4 Å². The van der Waals surface area contributed by atoms with Gasteiger partial charge in [0, 0.05) is 32.6 Å². The van der Waals surface area contributed by atoms with Crippen molar-refractivity contribution in [1.29, 1.82) is 0 Å². The second kappa shape index (κ2) is 9.46. The Morgan fingerprint density at radius 1 is 1.12 bits per heavy atom. The first-order valence-electron chi connectivity index (χ1n) is 7.13. The van der Waals surface area contributed by atoms with Gasteiger partial charge in [0.25, 0.3) is 0 Å². The van der Waals surface area contributed by atoms with Gasteiger partial charge in [-0.15, -0.1) is 0 Å². The molecule has 1 saturated heterocycles. The minimum absolute atomic E-state index is 0.347. The highest BCUT2D eigenvalue weighted by atomic mass is 16.2. The van der Waals surface area contributed by atoms with E-state index in [1.165, 1.54) is 0 Å². The largest absolute Gasteiger partial charge is 0.340 e. The zero-order valence-corrected chi connectivity index (χ0v) is 12.3. The summed E-state index contributed by atoms with van der Waals surface area (Å²) in [6.45, 7) is 15.6. The van der Waals surface area contributed by atoms with Crippen LogP contribution in [0.2, 0.25) is 0 Å². The lowest BCUT2D eigenvalue weighted by atomic mass is 10.1. The lowest BCUT2D eigenvalue weighted by Gasteiger charge is -2.34. The predicted octanol–water partition coefficient (Wildman–Crippen LogP) is 2.61. The van der Waals surface area contributed by atoms with Gasteiger partial charge in [-0.1, -0.05) is 34.6 Å². The first kappa shape index (κ1) is 16.4. The lowest BCUT2D eigenvalue weighted by molar-refractivity contribution is -0.133. The Labute approximate surface area is 107 Å². The molecule has 0 aromatic heterocycles. The first-order chi connectivity index (χ1) is 8.13. The summed E-state index contributed by atoms with van der Waals surface area (Å²) in [6.07, 6.45) is 1.75. The molecule has 1 fully saturated rings. The highest BCUT2D eigenvalue weighted by Gasteiger charge is 2.19. The van der Waals surface area contributed by atoms with Crippen LogP contribution < -0.4 is 0 Å². The Bertz CT molecular complexity index is 196. The highest BCUT2D eigenvalue weighted by Crippen LogP contribution is 2.08. The molecule has 0 N–H and O–H groups in total. The summed E-state index contributed by atoms with van der Waals surface area (Å²) in [5.74, 6) is 0.977. The molecule has 1 rings (SSSR count). The van der Waals surface area contributed by atoms with Gasteiger partial charge in [-0.2, -0.15) is 0 Å². The Morgan fingerprint density at radius 2 is 1.65 bits per heavy atom. The molecule has 0 spiro atoms. The third-order valence-electron chi connectivity index (χ3n) is 3.11. The minimum Gasteiger partial charge on any atom is -0.340 e. The van der Waals surface area contributed by atoms with Crippen LogP contribution in [0.4, 0.5) is 0 Å². The van der Waals surface area contributed by atoms with Crippen molar-refractivity contribution in [2.24, 2.45) is 5.92 Å². The molecule has 3 heteroatoms. The van der Waals surface area contributed by atoms with Gasteiger partial charge in [0.2, 0.25) is 5.91 Å². The van der Waals surface area contributed by atoms with Gasteiger partial charge in [0.1, 0.15) is 0 Å². The Morgan fingerprint density at radius 3 is 2.06 bits per heavy atom. The molecule has 0 aromatic carbocycles. The standard InChI is InChI=1S/C12H24N2O.C2H6/c1-4-13-7-9-14(10-8-13)12(15)6-5-11(2)3;1-2/h11H,4-10H2,1-3H3;1-2H3. The zero-order valence-electron chi connectivity index (χ0n) is 12.3. The molecule has 0 aromatic rings. The molecule has 102 valence electrons. The summed E-state index contributed by atoms with van der Waals surface area (Å²) in [5.41, 5.74) is 0. The Kier molecular flexibility index (Phi) is 9.14. The fourth-order valence-corrected chi connectivity index (χ4v) is 1.88. The normalized spacial score (nSPS) is 16.7. The van der Waals surface area contributed by atoms with Crippen molar-refractivity contribution in [2.45, 2.75) is 47.5 Å². The van der Waals surface area contributed by atoms with Gasteiger partial charge in [-0.3, -0.25) is 4.79 Å². The monoisotopic (exact) mass is 242 g/mol.